The molecular weight excluding hydrogens is 438 g/mol. The van der Waals surface area contributed by atoms with Gasteiger partial charge in [0, 0.05) is 37.6 Å². The second-order valence-electron chi connectivity index (χ2n) is 8.38. The van der Waals surface area contributed by atoms with E-state index in [9.17, 15) is 10.1 Å². The van der Waals surface area contributed by atoms with E-state index in [2.05, 4.69) is 15.6 Å². The Morgan fingerprint density at radius 2 is 1.83 bits per heavy atom. The van der Waals surface area contributed by atoms with Crippen molar-refractivity contribution in [2.75, 3.05) is 30.3 Å². The standard InChI is InChI=1S/C27H29N7O/c1-20-8-5-6-13-24(20)32-26(30-19-29)33-14-15-34(25(18-33)22-10-3-2-4-11-22)27(35)31-23-12-7-9-21(16-23)17-28/h2-13,16,25H,14-15,17-18,28H2,1H3,(H,30,32)(H,31,35). The zero-order valence-electron chi connectivity index (χ0n) is 19.7. The van der Waals surface area contributed by atoms with Gasteiger partial charge in [-0.3, -0.25) is 0 Å². The quantitative estimate of drug-likeness (QED) is 0.301. The number of para-hydroxylation sites is 1. The Bertz CT molecular complexity index is 1240. The summed E-state index contributed by atoms with van der Waals surface area (Å²) in [5, 5.41) is 15.7. The first kappa shape index (κ1) is 23.8. The van der Waals surface area contributed by atoms with Crippen molar-refractivity contribution >= 4 is 23.4 Å². The predicted octanol–water partition coefficient (Wildman–Crippen LogP) is 4.29. The molecule has 3 aromatic carbocycles. The number of hydrogen-bond acceptors (Lipinski definition) is 4. The van der Waals surface area contributed by atoms with E-state index in [4.69, 9.17) is 5.73 Å². The van der Waals surface area contributed by atoms with Crippen LogP contribution in [0.5, 0.6) is 0 Å². The monoisotopic (exact) mass is 467 g/mol. The second-order valence-corrected chi connectivity index (χ2v) is 8.38. The van der Waals surface area contributed by atoms with Crippen molar-refractivity contribution in [3.63, 3.8) is 0 Å². The molecule has 0 bridgehead atoms. The van der Waals surface area contributed by atoms with Gasteiger partial charge in [0.1, 0.15) is 0 Å². The zero-order valence-corrected chi connectivity index (χ0v) is 19.7. The maximum atomic E-state index is 13.4. The number of nitrogens with zero attached hydrogens (tertiary/aromatic N) is 4. The number of guanidine groups is 1. The van der Waals surface area contributed by atoms with Crippen molar-refractivity contribution in [2.24, 2.45) is 10.7 Å². The lowest BCUT2D eigenvalue weighted by Crippen LogP contribution is -2.54. The first-order valence-corrected chi connectivity index (χ1v) is 11.5. The van der Waals surface area contributed by atoms with Crippen LogP contribution in [0.2, 0.25) is 0 Å². The minimum atomic E-state index is -0.231. The topological polar surface area (TPSA) is 110 Å². The van der Waals surface area contributed by atoms with Gasteiger partial charge in [0.25, 0.3) is 0 Å². The lowest BCUT2D eigenvalue weighted by Gasteiger charge is -2.42. The van der Waals surface area contributed by atoms with Gasteiger partial charge in [-0.1, -0.05) is 60.7 Å². The van der Waals surface area contributed by atoms with Gasteiger partial charge in [-0.2, -0.15) is 5.26 Å². The molecule has 1 unspecified atom stereocenters. The van der Waals surface area contributed by atoms with Crippen LogP contribution in [0.15, 0.2) is 83.9 Å². The highest BCUT2D eigenvalue weighted by molar-refractivity contribution is 5.95. The SMILES string of the molecule is Cc1ccccc1N/C(=N/C#N)N1CCN(C(=O)Nc2cccc(CN)c2)C(c2ccccc2)C1. The van der Waals surface area contributed by atoms with Gasteiger partial charge in [0.2, 0.25) is 12.2 Å². The fourth-order valence-electron chi connectivity index (χ4n) is 4.21. The molecule has 0 aromatic heterocycles. The van der Waals surface area contributed by atoms with Crippen LogP contribution in [-0.4, -0.2) is 41.4 Å². The average Bonchev–Trinajstić information content (AvgIpc) is 2.90. The smallest absolute Gasteiger partial charge is 0.322 e. The van der Waals surface area contributed by atoms with E-state index >= 15 is 0 Å². The zero-order chi connectivity index (χ0) is 24.6. The third-order valence-corrected chi connectivity index (χ3v) is 6.09. The highest BCUT2D eigenvalue weighted by Crippen LogP contribution is 2.27. The molecule has 1 heterocycles. The Balaban J connectivity index is 1.58. The Kier molecular flexibility index (Phi) is 7.60. The van der Waals surface area contributed by atoms with E-state index < -0.39 is 0 Å². The number of aryl methyl sites for hydroxylation is 1. The van der Waals surface area contributed by atoms with E-state index in [-0.39, 0.29) is 12.1 Å². The molecule has 178 valence electrons. The van der Waals surface area contributed by atoms with Gasteiger partial charge in [0.15, 0.2) is 0 Å². The maximum absolute atomic E-state index is 13.4. The third kappa shape index (κ3) is 5.78. The maximum Gasteiger partial charge on any atom is 0.322 e. The summed E-state index contributed by atoms with van der Waals surface area (Å²) in [6.07, 6.45) is 1.92. The minimum absolute atomic E-state index is 0.182. The molecular formula is C27H29N7O. The Morgan fingerprint density at radius 1 is 1.06 bits per heavy atom. The van der Waals surface area contributed by atoms with Gasteiger partial charge >= 0.3 is 6.03 Å². The summed E-state index contributed by atoms with van der Waals surface area (Å²) in [6.45, 7) is 3.88. The van der Waals surface area contributed by atoms with Crippen LogP contribution < -0.4 is 16.4 Å². The largest absolute Gasteiger partial charge is 0.338 e. The molecule has 8 nitrogen and oxygen atoms in total. The molecule has 0 saturated carbocycles. The van der Waals surface area contributed by atoms with E-state index in [0.717, 1.165) is 22.4 Å². The summed E-state index contributed by atoms with van der Waals surface area (Å²) in [5.74, 6) is 0.471. The van der Waals surface area contributed by atoms with Gasteiger partial charge in [-0.15, -0.1) is 4.99 Å². The van der Waals surface area contributed by atoms with E-state index in [1.807, 2.05) is 102 Å². The third-order valence-electron chi connectivity index (χ3n) is 6.09. The fraction of sp³-hybridized carbons (Fsp3) is 0.222. The predicted molar refractivity (Wildman–Crippen MR) is 139 cm³/mol. The number of piperazine rings is 1. The average molecular weight is 468 g/mol. The number of rotatable bonds is 4. The molecule has 0 spiro atoms. The van der Waals surface area contributed by atoms with E-state index in [1.165, 1.54) is 0 Å². The highest BCUT2D eigenvalue weighted by atomic mass is 16.2. The lowest BCUT2D eigenvalue weighted by molar-refractivity contribution is 0.136. The number of carbonyl (C=O) groups excluding carboxylic acids is 1. The minimum Gasteiger partial charge on any atom is -0.338 e. The molecule has 1 fully saturated rings. The van der Waals surface area contributed by atoms with Crippen molar-refractivity contribution in [3.05, 3.63) is 95.6 Å². The van der Waals surface area contributed by atoms with Crippen LogP contribution in [0.25, 0.3) is 0 Å². The molecule has 4 rings (SSSR count). The molecule has 35 heavy (non-hydrogen) atoms. The van der Waals surface area contributed by atoms with Crippen LogP contribution in [0.4, 0.5) is 16.2 Å². The highest BCUT2D eigenvalue weighted by Gasteiger charge is 2.33. The number of anilines is 2. The fourth-order valence-corrected chi connectivity index (χ4v) is 4.21. The van der Waals surface area contributed by atoms with Crippen LogP contribution in [0.3, 0.4) is 0 Å². The van der Waals surface area contributed by atoms with Crippen LogP contribution in [0, 0.1) is 18.4 Å². The van der Waals surface area contributed by atoms with Crippen molar-refractivity contribution in [3.8, 4) is 6.19 Å². The van der Waals surface area contributed by atoms with Gasteiger partial charge < -0.3 is 26.2 Å². The van der Waals surface area contributed by atoms with E-state index in [1.54, 1.807) is 0 Å². The summed E-state index contributed by atoms with van der Waals surface area (Å²) in [5.41, 5.74) is 10.4. The first-order valence-electron chi connectivity index (χ1n) is 11.5. The second kappa shape index (κ2) is 11.2. The number of benzene rings is 3. The molecule has 4 N–H and O–H groups in total. The van der Waals surface area contributed by atoms with Crippen molar-refractivity contribution in [1.82, 2.24) is 9.80 Å². The molecule has 8 heteroatoms. The van der Waals surface area contributed by atoms with Gasteiger partial charge in [-0.05, 0) is 41.8 Å². The molecule has 2 amide bonds. The Labute approximate surface area is 205 Å². The molecule has 1 atom stereocenters. The number of aliphatic imine (C=N–C) groups is 1. The van der Waals surface area contributed by atoms with Crippen molar-refractivity contribution in [2.45, 2.75) is 19.5 Å². The number of nitriles is 1. The summed E-state index contributed by atoms with van der Waals surface area (Å²) >= 11 is 0. The van der Waals surface area contributed by atoms with Crippen LogP contribution in [0.1, 0.15) is 22.7 Å². The summed E-state index contributed by atoms with van der Waals surface area (Å²) < 4.78 is 0. The summed E-state index contributed by atoms with van der Waals surface area (Å²) in [7, 11) is 0. The number of amides is 2. The summed E-state index contributed by atoms with van der Waals surface area (Å²) in [6, 6.07) is 24.9. The van der Waals surface area contributed by atoms with Crippen molar-refractivity contribution in [1.29, 1.82) is 5.26 Å². The number of nitrogens with one attached hydrogen (secondary N) is 2. The Hall–Kier alpha value is -4.35. The molecule has 0 aliphatic carbocycles. The molecule has 0 radical (unpaired) electrons. The molecule has 1 aliphatic heterocycles. The Morgan fingerprint density at radius 3 is 2.57 bits per heavy atom. The lowest BCUT2D eigenvalue weighted by atomic mass is 10.0. The van der Waals surface area contributed by atoms with E-state index in [0.29, 0.717) is 37.8 Å². The van der Waals surface area contributed by atoms with Crippen LogP contribution >= 0.6 is 0 Å². The normalized spacial score (nSPS) is 15.9. The number of urea groups is 1. The number of hydrogen-bond donors (Lipinski definition) is 3. The number of nitrogens with two attached hydrogens (primary N) is 1. The molecule has 3 aromatic rings. The van der Waals surface area contributed by atoms with Gasteiger partial charge in [-0.25, -0.2) is 4.79 Å². The van der Waals surface area contributed by atoms with Crippen molar-refractivity contribution < 1.29 is 4.79 Å². The first-order chi connectivity index (χ1) is 17.1. The number of carbonyl (C=O) groups is 1. The van der Waals surface area contributed by atoms with Gasteiger partial charge in [0.05, 0.1) is 6.04 Å². The molecule has 1 saturated heterocycles. The molecule has 1 aliphatic rings. The van der Waals surface area contributed by atoms with Crippen LogP contribution in [-0.2, 0) is 6.54 Å². The summed E-state index contributed by atoms with van der Waals surface area (Å²) in [4.78, 5) is 21.3.